The number of nitrogens with zero attached hydrogens (tertiary/aromatic N) is 5. The molecule has 1 fully saturated rings. The Bertz CT molecular complexity index is 1880. The summed E-state index contributed by atoms with van der Waals surface area (Å²) in [6.45, 7) is 6.05. The fraction of sp³-hybridized carbons (Fsp3) is 0.387. The topological polar surface area (TPSA) is 111 Å². The van der Waals surface area contributed by atoms with Gasteiger partial charge in [-0.05, 0) is 75.9 Å². The molecule has 4 aromatic rings. The summed E-state index contributed by atoms with van der Waals surface area (Å²) in [4.78, 5) is 12.5. The lowest BCUT2D eigenvalue weighted by Gasteiger charge is -2.23. The van der Waals surface area contributed by atoms with E-state index >= 15 is 4.39 Å². The molecule has 0 amide bonds. The molecule has 2 aromatic carbocycles. The number of hydrogen-bond donors (Lipinski definition) is 1. The second-order valence-electron chi connectivity index (χ2n) is 12.3. The van der Waals surface area contributed by atoms with Gasteiger partial charge in [0.25, 0.3) is 5.56 Å². The third-order valence-electron chi connectivity index (χ3n) is 8.29. The molecule has 6 rings (SSSR count). The molecule has 0 saturated heterocycles. The van der Waals surface area contributed by atoms with Crippen molar-refractivity contribution >= 4 is 33.1 Å². The molecule has 10 nitrogen and oxygen atoms in total. The molecule has 0 bridgehead atoms. The van der Waals surface area contributed by atoms with E-state index in [2.05, 4.69) is 10.4 Å². The summed E-state index contributed by atoms with van der Waals surface area (Å²) in [6.07, 6.45) is 3.76. The Balaban J connectivity index is 1.26. The minimum atomic E-state index is -3.87. The number of rotatable bonds is 7. The zero-order chi connectivity index (χ0) is 31.4. The Kier molecular flexibility index (Phi) is 7.79. The van der Waals surface area contributed by atoms with Gasteiger partial charge < -0.3 is 10.1 Å². The Hall–Kier alpha value is -3.74. The Morgan fingerprint density at radius 3 is 2.57 bits per heavy atom. The zero-order valence-corrected chi connectivity index (χ0v) is 26.5. The van der Waals surface area contributed by atoms with Crippen LogP contribution in [0, 0.1) is 5.82 Å². The van der Waals surface area contributed by atoms with E-state index in [4.69, 9.17) is 21.4 Å². The third kappa shape index (κ3) is 5.50. The molecule has 3 heterocycles. The number of nitrogens with one attached hydrogen (secondary N) is 1. The number of fused-ring (bicyclic) bond motifs is 1. The molecule has 1 aliphatic carbocycles. The molecule has 2 aromatic heterocycles. The van der Waals surface area contributed by atoms with Gasteiger partial charge in [-0.2, -0.15) is 14.5 Å². The molecule has 232 valence electrons. The minimum Gasteiger partial charge on any atom is -0.497 e. The van der Waals surface area contributed by atoms with Crippen molar-refractivity contribution < 1.29 is 17.5 Å². The number of aromatic nitrogens is 4. The first-order valence-electron chi connectivity index (χ1n) is 14.4. The van der Waals surface area contributed by atoms with Crippen LogP contribution in [0.25, 0.3) is 0 Å². The Morgan fingerprint density at radius 1 is 1.11 bits per heavy atom. The van der Waals surface area contributed by atoms with Crippen LogP contribution in [-0.4, -0.2) is 39.4 Å². The first kappa shape index (κ1) is 30.3. The van der Waals surface area contributed by atoms with Gasteiger partial charge in [0, 0.05) is 36.8 Å². The first-order valence-corrected chi connectivity index (χ1v) is 16.2. The van der Waals surface area contributed by atoms with Crippen LogP contribution < -0.4 is 15.6 Å². The Morgan fingerprint density at radius 2 is 1.86 bits per heavy atom. The molecular weight excluding hydrogens is 607 g/mol. The van der Waals surface area contributed by atoms with Gasteiger partial charge in [-0.25, -0.2) is 22.2 Å². The fourth-order valence-electron chi connectivity index (χ4n) is 6.01. The summed E-state index contributed by atoms with van der Waals surface area (Å²) in [5, 5.41) is 12.5. The van der Waals surface area contributed by atoms with Crippen LogP contribution in [0.5, 0.6) is 5.75 Å². The normalized spacial score (nSPS) is 19.7. The maximum Gasteiger partial charge on any atom is 0.285 e. The van der Waals surface area contributed by atoms with Crippen molar-refractivity contribution in [3.05, 3.63) is 92.7 Å². The van der Waals surface area contributed by atoms with Gasteiger partial charge >= 0.3 is 0 Å². The van der Waals surface area contributed by atoms with E-state index in [1.807, 2.05) is 31.5 Å². The fourth-order valence-corrected chi connectivity index (χ4v) is 7.76. The van der Waals surface area contributed by atoms with E-state index in [9.17, 15) is 13.2 Å². The summed E-state index contributed by atoms with van der Waals surface area (Å²) < 4.78 is 52.4. The van der Waals surface area contributed by atoms with Gasteiger partial charge in [-0.3, -0.25) is 4.79 Å². The molecule has 2 aliphatic rings. The van der Waals surface area contributed by atoms with E-state index in [0.29, 0.717) is 18.0 Å². The predicted molar refractivity (Wildman–Crippen MR) is 165 cm³/mol. The molecule has 1 saturated carbocycles. The number of methoxy groups -OCH3 is 1. The molecular formula is C31H34ClFN6O4S. The van der Waals surface area contributed by atoms with Crippen molar-refractivity contribution in [2.45, 2.75) is 75.5 Å². The van der Waals surface area contributed by atoms with E-state index in [0.717, 1.165) is 24.1 Å². The minimum absolute atomic E-state index is 0.0269. The van der Waals surface area contributed by atoms with Crippen molar-refractivity contribution in [2.24, 2.45) is 0 Å². The molecule has 44 heavy (non-hydrogen) atoms. The number of sulfonamides is 1. The number of halogens is 2. The van der Waals surface area contributed by atoms with Gasteiger partial charge in [-0.15, -0.1) is 0 Å². The van der Waals surface area contributed by atoms with E-state index in [1.165, 1.54) is 33.4 Å². The van der Waals surface area contributed by atoms with Crippen LogP contribution in [0.4, 0.5) is 15.9 Å². The lowest BCUT2D eigenvalue weighted by Crippen LogP contribution is -2.26. The van der Waals surface area contributed by atoms with Gasteiger partial charge in [0.2, 0.25) is 10.0 Å². The van der Waals surface area contributed by atoms with E-state index in [-0.39, 0.29) is 51.8 Å². The molecule has 0 radical (unpaired) electrons. The summed E-state index contributed by atoms with van der Waals surface area (Å²) in [6, 6.07) is 13.3. The molecule has 0 unspecified atom stereocenters. The highest BCUT2D eigenvalue weighted by molar-refractivity contribution is 7.89. The number of anilines is 2. The van der Waals surface area contributed by atoms with Crippen LogP contribution in [0.1, 0.15) is 68.8 Å². The SMILES string of the molecule is COc1ccc(CN2Cc3c(ccc(Nc4cc([C@@H]5CC[C@H](n6nccc(Cl)c6=O)C5)nn4C(C)(C)C)c3F)S2(=O)=O)cc1. The standard InChI is InChI=1S/C31H34ClFN6O4S/c1-31(2,3)39-28(16-26(36-39)20-7-8-21(15-20)38-30(40)24(32)13-14-34-38)35-25-11-12-27-23(29(25)33)18-37(44(27,41)42)17-19-5-9-22(43-4)10-6-19/h5-6,9-14,16,20-21,35H,7-8,15,17-18H2,1-4H3/t20-,21+/m1/s1. The Labute approximate surface area is 260 Å². The number of ether oxygens (including phenoxy) is 1. The summed E-state index contributed by atoms with van der Waals surface area (Å²) in [5.41, 5.74) is 1.15. The van der Waals surface area contributed by atoms with Crippen molar-refractivity contribution in [3.63, 3.8) is 0 Å². The summed E-state index contributed by atoms with van der Waals surface area (Å²) in [5.74, 6) is 0.711. The smallest absolute Gasteiger partial charge is 0.285 e. The van der Waals surface area contributed by atoms with Gasteiger partial charge in [0.1, 0.15) is 16.6 Å². The maximum atomic E-state index is 16.0. The first-order chi connectivity index (χ1) is 20.9. The van der Waals surface area contributed by atoms with Crippen LogP contribution in [-0.2, 0) is 28.7 Å². The van der Waals surface area contributed by atoms with Crippen molar-refractivity contribution in [1.29, 1.82) is 0 Å². The van der Waals surface area contributed by atoms with E-state index < -0.39 is 21.4 Å². The van der Waals surface area contributed by atoms with E-state index in [1.54, 1.807) is 31.4 Å². The zero-order valence-electron chi connectivity index (χ0n) is 24.9. The number of hydrogen-bond acceptors (Lipinski definition) is 7. The third-order valence-corrected chi connectivity index (χ3v) is 10.5. The highest BCUT2D eigenvalue weighted by Gasteiger charge is 2.38. The van der Waals surface area contributed by atoms with Crippen LogP contribution >= 0.6 is 11.6 Å². The van der Waals surface area contributed by atoms with Gasteiger partial charge in [0.05, 0.1) is 35.0 Å². The van der Waals surface area contributed by atoms with Gasteiger partial charge in [0.15, 0.2) is 5.82 Å². The lowest BCUT2D eigenvalue weighted by atomic mass is 10.0. The monoisotopic (exact) mass is 640 g/mol. The maximum absolute atomic E-state index is 16.0. The molecule has 13 heteroatoms. The highest BCUT2D eigenvalue weighted by atomic mass is 35.5. The average Bonchev–Trinajstić information content (AvgIpc) is 3.69. The van der Waals surface area contributed by atoms with Crippen molar-refractivity contribution in [2.75, 3.05) is 12.4 Å². The van der Waals surface area contributed by atoms with Crippen LogP contribution in [0.15, 0.2) is 64.4 Å². The highest BCUT2D eigenvalue weighted by Crippen LogP contribution is 2.42. The van der Waals surface area contributed by atoms with Crippen molar-refractivity contribution in [3.8, 4) is 5.75 Å². The molecule has 2 atom stereocenters. The largest absolute Gasteiger partial charge is 0.497 e. The quantitative estimate of drug-likeness (QED) is 0.266. The average molecular weight is 641 g/mol. The summed E-state index contributed by atoms with van der Waals surface area (Å²) >= 11 is 6.05. The van der Waals surface area contributed by atoms with Crippen molar-refractivity contribution in [1.82, 2.24) is 23.9 Å². The lowest BCUT2D eigenvalue weighted by molar-refractivity contribution is 0.356. The molecule has 0 spiro atoms. The summed E-state index contributed by atoms with van der Waals surface area (Å²) in [7, 11) is -2.30. The number of benzene rings is 2. The van der Waals surface area contributed by atoms with Crippen LogP contribution in [0.2, 0.25) is 5.02 Å². The second-order valence-corrected chi connectivity index (χ2v) is 14.6. The second kappa shape index (κ2) is 11.3. The van der Waals surface area contributed by atoms with Gasteiger partial charge in [-0.1, -0.05) is 23.7 Å². The van der Waals surface area contributed by atoms with Crippen LogP contribution in [0.3, 0.4) is 0 Å². The molecule has 1 N–H and O–H groups in total. The predicted octanol–water partition coefficient (Wildman–Crippen LogP) is 5.95. The molecule has 1 aliphatic heterocycles.